The Bertz CT molecular complexity index is 900. The number of urea groups is 1. The second-order valence-corrected chi connectivity index (χ2v) is 5.23. The van der Waals surface area contributed by atoms with Crippen LogP contribution < -0.4 is 10.6 Å². The number of nitrogens with one attached hydrogen (secondary N) is 2. The predicted octanol–water partition coefficient (Wildman–Crippen LogP) is 2.14. The molecule has 0 aliphatic heterocycles. The molecule has 0 bridgehead atoms. The molecule has 0 atom stereocenters. The van der Waals surface area contributed by atoms with Crippen LogP contribution in [0.15, 0.2) is 49.4 Å². The van der Waals surface area contributed by atoms with Gasteiger partial charge in [-0.1, -0.05) is 19.2 Å². The Morgan fingerprint density at radius 1 is 1.37 bits per heavy atom. The van der Waals surface area contributed by atoms with E-state index in [4.69, 9.17) is 9.47 Å². The van der Waals surface area contributed by atoms with Gasteiger partial charge in [0.25, 0.3) is 0 Å². The van der Waals surface area contributed by atoms with E-state index in [0.717, 1.165) is 5.57 Å². The van der Waals surface area contributed by atoms with Gasteiger partial charge >= 0.3 is 12.0 Å². The van der Waals surface area contributed by atoms with Gasteiger partial charge in [-0.05, 0) is 25.1 Å². The number of fused-ring (bicyclic) bond motifs is 1. The van der Waals surface area contributed by atoms with Gasteiger partial charge in [-0.15, -0.1) is 0 Å². The number of hydrogen-bond acceptors (Lipinski definition) is 6. The summed E-state index contributed by atoms with van der Waals surface area (Å²) in [5, 5.41) is 9.35. The van der Waals surface area contributed by atoms with Crippen molar-refractivity contribution in [3.8, 4) is 0 Å². The monoisotopic (exact) mass is 371 g/mol. The van der Waals surface area contributed by atoms with Crippen LogP contribution in [-0.4, -0.2) is 46.9 Å². The zero-order valence-corrected chi connectivity index (χ0v) is 15.2. The Morgan fingerprint density at radius 3 is 2.81 bits per heavy atom. The Morgan fingerprint density at radius 2 is 2.15 bits per heavy atom. The number of amides is 2. The van der Waals surface area contributed by atoms with Crippen molar-refractivity contribution >= 4 is 29.0 Å². The molecule has 2 aromatic heterocycles. The maximum Gasteiger partial charge on any atom is 0.325 e. The van der Waals surface area contributed by atoms with Crippen LogP contribution in [0.5, 0.6) is 0 Å². The summed E-state index contributed by atoms with van der Waals surface area (Å²) in [7, 11) is 1.52. The number of ether oxygens (including phenoxy) is 2. The minimum atomic E-state index is -0.574. The van der Waals surface area contributed by atoms with E-state index in [0.29, 0.717) is 17.1 Å². The molecule has 0 saturated heterocycles. The summed E-state index contributed by atoms with van der Waals surface area (Å²) in [6.07, 6.45) is 4.89. The predicted molar refractivity (Wildman–Crippen MR) is 101 cm³/mol. The molecule has 0 aliphatic carbocycles. The third-order valence-electron chi connectivity index (χ3n) is 3.35. The van der Waals surface area contributed by atoms with Gasteiger partial charge in [0, 0.05) is 5.57 Å². The summed E-state index contributed by atoms with van der Waals surface area (Å²) in [6, 6.07) is 2.94. The number of esters is 1. The Kier molecular flexibility index (Phi) is 6.70. The topological polar surface area (TPSA) is 107 Å². The average molecular weight is 371 g/mol. The average Bonchev–Trinajstić information content (AvgIpc) is 3.05. The van der Waals surface area contributed by atoms with Gasteiger partial charge < -0.3 is 14.8 Å². The van der Waals surface area contributed by atoms with Crippen molar-refractivity contribution in [1.29, 1.82) is 0 Å². The molecule has 0 radical (unpaired) electrons. The van der Waals surface area contributed by atoms with Gasteiger partial charge in [-0.2, -0.15) is 5.10 Å². The van der Waals surface area contributed by atoms with Gasteiger partial charge in [0.1, 0.15) is 12.3 Å². The first kappa shape index (κ1) is 19.7. The van der Waals surface area contributed by atoms with Crippen molar-refractivity contribution in [3.05, 3.63) is 55.1 Å². The highest BCUT2D eigenvalue weighted by Gasteiger charge is 2.10. The van der Waals surface area contributed by atoms with Crippen molar-refractivity contribution in [2.45, 2.75) is 6.92 Å². The molecular formula is C18H21N5O4. The van der Waals surface area contributed by atoms with E-state index in [-0.39, 0.29) is 19.0 Å². The molecular weight excluding hydrogens is 350 g/mol. The molecule has 2 N–H and O–H groups in total. The standard InChI is InChI=1S/C18H21N5O4/c1-5-13(9-12(3)26-4)14-7-8-16-20-15(11-23(16)22-14)21-18(25)19-10-17(24)27-6-2/h5,7-9,11H,1,3,6,10H2,2,4H3,(H2,19,21,25)/b13-9+. The Balaban J connectivity index is 2.12. The number of carbonyl (C=O) groups excluding carboxylic acids is 2. The normalized spacial score (nSPS) is 11.0. The van der Waals surface area contributed by atoms with Crippen LogP contribution in [0.25, 0.3) is 11.2 Å². The lowest BCUT2D eigenvalue weighted by Gasteiger charge is -2.04. The lowest BCUT2D eigenvalue weighted by molar-refractivity contribution is -0.141. The van der Waals surface area contributed by atoms with E-state index in [2.05, 4.69) is 33.9 Å². The summed E-state index contributed by atoms with van der Waals surface area (Å²) in [4.78, 5) is 27.3. The third-order valence-corrected chi connectivity index (χ3v) is 3.35. The van der Waals surface area contributed by atoms with Crippen LogP contribution in [0.4, 0.5) is 10.6 Å². The number of rotatable bonds is 8. The molecule has 0 unspecified atom stereocenters. The van der Waals surface area contributed by atoms with Crippen LogP contribution >= 0.6 is 0 Å². The molecule has 9 heteroatoms. The van der Waals surface area contributed by atoms with Crippen molar-refractivity contribution in [1.82, 2.24) is 19.9 Å². The Hall–Kier alpha value is -3.62. The van der Waals surface area contributed by atoms with E-state index in [1.807, 2.05) is 0 Å². The molecule has 2 rings (SSSR count). The summed E-state index contributed by atoms with van der Waals surface area (Å²) in [6.45, 7) is 9.22. The van der Waals surface area contributed by atoms with E-state index >= 15 is 0 Å². The summed E-state index contributed by atoms with van der Waals surface area (Å²) in [5.41, 5.74) is 1.89. The highest BCUT2D eigenvalue weighted by Crippen LogP contribution is 2.17. The van der Waals surface area contributed by atoms with Gasteiger partial charge in [-0.3, -0.25) is 10.1 Å². The van der Waals surface area contributed by atoms with Gasteiger partial charge in [0.05, 0.1) is 25.6 Å². The van der Waals surface area contributed by atoms with Crippen LogP contribution in [0.3, 0.4) is 0 Å². The lowest BCUT2D eigenvalue weighted by atomic mass is 10.1. The third kappa shape index (κ3) is 5.43. The molecule has 2 heterocycles. The van der Waals surface area contributed by atoms with Crippen molar-refractivity contribution in [2.24, 2.45) is 0 Å². The molecule has 142 valence electrons. The van der Waals surface area contributed by atoms with Crippen LogP contribution in [0.1, 0.15) is 12.6 Å². The van der Waals surface area contributed by atoms with Crippen molar-refractivity contribution in [2.75, 3.05) is 25.6 Å². The highest BCUT2D eigenvalue weighted by atomic mass is 16.5. The maximum absolute atomic E-state index is 11.8. The van der Waals surface area contributed by atoms with Gasteiger partial charge in [-0.25, -0.2) is 14.3 Å². The van der Waals surface area contributed by atoms with E-state index in [1.54, 1.807) is 37.4 Å². The van der Waals surface area contributed by atoms with E-state index in [1.165, 1.54) is 11.6 Å². The summed E-state index contributed by atoms with van der Waals surface area (Å²) in [5.74, 6) is 0.236. The molecule has 0 saturated carbocycles. The van der Waals surface area contributed by atoms with Crippen LogP contribution in [0.2, 0.25) is 0 Å². The minimum absolute atomic E-state index is 0.230. The second kappa shape index (κ2) is 9.18. The maximum atomic E-state index is 11.8. The molecule has 0 spiro atoms. The first-order valence-corrected chi connectivity index (χ1v) is 8.11. The number of hydrogen-bond donors (Lipinski definition) is 2. The molecule has 27 heavy (non-hydrogen) atoms. The first-order chi connectivity index (χ1) is 13.0. The summed E-state index contributed by atoms with van der Waals surface area (Å²) < 4.78 is 11.3. The molecule has 2 amide bonds. The van der Waals surface area contributed by atoms with Gasteiger partial charge in [0.15, 0.2) is 11.5 Å². The number of imidazole rings is 1. The number of allylic oxidation sites excluding steroid dienone is 3. The number of anilines is 1. The lowest BCUT2D eigenvalue weighted by Crippen LogP contribution is -2.34. The fraction of sp³-hybridized carbons (Fsp3) is 0.222. The largest absolute Gasteiger partial charge is 0.497 e. The fourth-order valence-electron chi connectivity index (χ4n) is 2.09. The Labute approximate surface area is 156 Å². The first-order valence-electron chi connectivity index (χ1n) is 8.11. The SMILES string of the molecule is C=C/C(=C\C(=C)OC)c1ccc2nc(NC(=O)NCC(=O)OCC)cn2n1. The highest BCUT2D eigenvalue weighted by molar-refractivity contribution is 5.90. The van der Waals surface area contributed by atoms with Gasteiger partial charge in [0.2, 0.25) is 0 Å². The van der Waals surface area contributed by atoms with E-state index in [9.17, 15) is 9.59 Å². The zero-order valence-electron chi connectivity index (χ0n) is 15.2. The molecule has 0 aliphatic rings. The van der Waals surface area contributed by atoms with Crippen LogP contribution in [-0.2, 0) is 14.3 Å². The molecule has 0 fully saturated rings. The van der Waals surface area contributed by atoms with E-state index < -0.39 is 12.0 Å². The van der Waals surface area contributed by atoms with Crippen LogP contribution in [0, 0.1) is 0 Å². The molecule has 2 aromatic rings. The van der Waals surface area contributed by atoms with Crippen molar-refractivity contribution < 1.29 is 19.1 Å². The number of aromatic nitrogens is 3. The second-order valence-electron chi connectivity index (χ2n) is 5.23. The summed E-state index contributed by atoms with van der Waals surface area (Å²) >= 11 is 0. The molecule has 0 aromatic carbocycles. The van der Waals surface area contributed by atoms with Crippen molar-refractivity contribution in [3.63, 3.8) is 0 Å². The molecule has 9 nitrogen and oxygen atoms in total. The fourth-order valence-corrected chi connectivity index (χ4v) is 2.09. The number of carbonyl (C=O) groups is 2. The zero-order chi connectivity index (χ0) is 19.8. The quantitative estimate of drug-likeness (QED) is 0.418. The minimum Gasteiger partial charge on any atom is -0.497 e. The smallest absolute Gasteiger partial charge is 0.325 e. The number of methoxy groups -OCH3 is 1. The number of nitrogens with zero attached hydrogens (tertiary/aromatic N) is 3.